The first-order chi connectivity index (χ1) is 19.9. The van der Waals surface area contributed by atoms with Crippen LogP contribution in [-0.2, 0) is 29.1 Å². The van der Waals surface area contributed by atoms with E-state index < -0.39 is 12.2 Å². The van der Waals surface area contributed by atoms with Crippen LogP contribution in [0.5, 0.6) is 5.75 Å². The van der Waals surface area contributed by atoms with Gasteiger partial charge in [-0.1, -0.05) is 54.6 Å². The van der Waals surface area contributed by atoms with Gasteiger partial charge in [0.2, 0.25) is 11.8 Å². The van der Waals surface area contributed by atoms with E-state index >= 15 is 0 Å². The van der Waals surface area contributed by atoms with E-state index in [-0.39, 0.29) is 76.0 Å². The third-order valence-electron chi connectivity index (χ3n) is 7.88. The molecule has 6 rings (SSSR count). The molecule has 0 radical (unpaired) electrons. The Morgan fingerprint density at radius 3 is 2.49 bits per heavy atom. The molecule has 0 unspecified atom stereocenters. The second-order valence-corrected chi connectivity index (χ2v) is 11.5. The van der Waals surface area contributed by atoms with Crippen molar-refractivity contribution in [1.29, 1.82) is 0 Å². The summed E-state index contributed by atoms with van der Waals surface area (Å²) >= 11 is 1.55. The fraction of sp³-hybridized carbons (Fsp3) is 0.290. The minimum Gasteiger partial charge on any atom is -0.508 e. The number of aromatic nitrogens is 1. The lowest BCUT2D eigenvalue weighted by molar-refractivity contribution is -0.170. The van der Waals surface area contributed by atoms with E-state index in [0.717, 1.165) is 26.9 Å². The molecule has 3 atom stereocenters. The number of carbonyl (C=O) groups excluding carboxylic acids is 3. The van der Waals surface area contributed by atoms with Crippen molar-refractivity contribution in [1.82, 2.24) is 25.0 Å². The quantitative estimate of drug-likeness (QED) is 0.327. The van der Waals surface area contributed by atoms with E-state index in [1.54, 1.807) is 55.8 Å². The maximum absolute atomic E-state index is 14.1. The zero-order valence-electron chi connectivity index (χ0n) is 23.6. The van der Waals surface area contributed by atoms with Crippen LogP contribution in [0, 0.1) is 0 Å². The number of fused-ring (bicyclic) bond motifs is 2. The molecule has 2 N–H and O–H groups in total. The third kappa shape index (κ3) is 6.61. The highest BCUT2D eigenvalue weighted by Crippen LogP contribution is 2.32. The number of carbonyl (C=O) groups is 3. The number of nitrogens with one attached hydrogen (secondary N) is 1. The van der Waals surface area contributed by atoms with Gasteiger partial charge >= 0.3 is 6.03 Å². The van der Waals surface area contributed by atoms with Gasteiger partial charge in [0.25, 0.3) is 0 Å². The summed E-state index contributed by atoms with van der Waals surface area (Å²) < 4.78 is 1.04. The number of phenolic OH excluding ortho intramolecular Hbond substituents is 1. The molecule has 1 aromatic heterocycles. The van der Waals surface area contributed by atoms with Crippen LogP contribution in [0.1, 0.15) is 30.0 Å². The van der Waals surface area contributed by atoms with E-state index in [1.165, 1.54) is 0 Å². The molecule has 2 fully saturated rings. The van der Waals surface area contributed by atoms with Crippen LogP contribution in [0.15, 0.2) is 78.3 Å². The van der Waals surface area contributed by atoms with Crippen molar-refractivity contribution in [3.8, 4) is 5.75 Å². The Bertz CT molecular complexity index is 1580. The molecule has 2 aliphatic heterocycles. The maximum atomic E-state index is 14.1. The molecule has 0 spiro atoms. The molecule has 43 heavy (non-hydrogen) atoms. The first-order valence-electron chi connectivity index (χ1n) is 13.7. The number of thiazole rings is 1. The second-order valence-electron chi connectivity index (χ2n) is 10.6. The molecule has 2 aliphatic rings. The van der Waals surface area contributed by atoms with Crippen molar-refractivity contribution in [2.75, 3.05) is 6.54 Å². The average Bonchev–Trinajstić information content (AvgIpc) is 3.46. The van der Waals surface area contributed by atoms with Crippen LogP contribution >= 0.6 is 38.3 Å². The number of hydrogen-bond donors (Lipinski definition) is 2. The van der Waals surface area contributed by atoms with Crippen molar-refractivity contribution < 1.29 is 19.5 Å². The van der Waals surface area contributed by atoms with Gasteiger partial charge in [-0.2, -0.15) is 27.0 Å². The Balaban J connectivity index is 0.00000212. The third-order valence-corrected chi connectivity index (χ3v) is 8.68. The SMILES string of the molecule is C[C@@H]1CC(=O)N2[C@H](CN(Cc3cccc4scnc34)C(=O)[C@@H]2Cc2ccc(O)cc2)N1C(=O)NCc1ccccc1.S.S. The minimum absolute atomic E-state index is 0. The Morgan fingerprint density at radius 2 is 1.74 bits per heavy atom. The molecule has 9 nitrogen and oxygen atoms in total. The highest BCUT2D eigenvalue weighted by molar-refractivity contribution is 7.59. The number of amides is 4. The molecule has 0 bridgehead atoms. The van der Waals surface area contributed by atoms with Gasteiger partial charge < -0.3 is 20.2 Å². The summed E-state index contributed by atoms with van der Waals surface area (Å²) in [4.78, 5) is 50.9. The number of aromatic hydroxyl groups is 1. The lowest BCUT2D eigenvalue weighted by atomic mass is 9.95. The minimum atomic E-state index is -0.794. The number of benzene rings is 3. The summed E-state index contributed by atoms with van der Waals surface area (Å²) in [6, 6.07) is 20.9. The fourth-order valence-corrected chi connectivity index (χ4v) is 6.61. The highest BCUT2D eigenvalue weighted by Gasteiger charge is 2.50. The van der Waals surface area contributed by atoms with Gasteiger partial charge in [0.1, 0.15) is 18.0 Å². The van der Waals surface area contributed by atoms with Crippen molar-refractivity contribution in [2.24, 2.45) is 0 Å². The summed E-state index contributed by atoms with van der Waals surface area (Å²) in [5, 5.41) is 12.8. The summed E-state index contributed by atoms with van der Waals surface area (Å²) in [6.07, 6.45) is -0.226. The predicted molar refractivity (Wildman–Crippen MR) is 177 cm³/mol. The van der Waals surface area contributed by atoms with Crippen molar-refractivity contribution >= 4 is 66.4 Å². The number of piperazine rings is 1. The van der Waals surface area contributed by atoms with E-state index in [1.807, 2.05) is 55.5 Å². The van der Waals surface area contributed by atoms with Gasteiger partial charge in [-0.25, -0.2) is 9.78 Å². The average molecular weight is 638 g/mol. The second kappa shape index (κ2) is 13.7. The summed E-state index contributed by atoms with van der Waals surface area (Å²) in [6.45, 7) is 2.75. The Labute approximate surface area is 268 Å². The molecular weight excluding hydrogens is 603 g/mol. The standard InChI is InChI=1S/C31H31N5O4S.2H2S/c1-20-14-28(38)36-25(15-21-10-12-24(37)13-11-21)30(39)34(17-23-8-5-9-26-29(23)33-19-41-26)18-27(36)35(20)31(40)32-16-22-6-3-2-4-7-22;;/h2-13,19-20,25,27,37H,14-18H2,1H3,(H,32,40);2*1H2/t20-,25+,27-;;/m1../s1. The zero-order chi connectivity index (χ0) is 28.5. The first-order valence-corrected chi connectivity index (χ1v) is 14.6. The largest absolute Gasteiger partial charge is 0.508 e. The summed E-state index contributed by atoms with van der Waals surface area (Å²) in [7, 11) is 0. The smallest absolute Gasteiger partial charge is 0.319 e. The van der Waals surface area contributed by atoms with Gasteiger partial charge in [-0.05, 0) is 41.8 Å². The van der Waals surface area contributed by atoms with Crippen LogP contribution in [-0.4, -0.2) is 67.4 Å². The molecule has 0 aliphatic carbocycles. The molecule has 2 saturated heterocycles. The Morgan fingerprint density at radius 1 is 1.00 bits per heavy atom. The number of para-hydroxylation sites is 1. The maximum Gasteiger partial charge on any atom is 0.319 e. The van der Waals surface area contributed by atoms with E-state index in [9.17, 15) is 19.5 Å². The van der Waals surface area contributed by atoms with Gasteiger partial charge in [0.05, 0.1) is 22.3 Å². The van der Waals surface area contributed by atoms with Crippen molar-refractivity contribution in [3.63, 3.8) is 0 Å². The van der Waals surface area contributed by atoms with Gasteiger partial charge in [-0.3, -0.25) is 14.5 Å². The highest BCUT2D eigenvalue weighted by atomic mass is 32.1. The Hall–Kier alpha value is -3.74. The Kier molecular flexibility index (Phi) is 10.3. The molecule has 3 aromatic carbocycles. The van der Waals surface area contributed by atoms with Crippen LogP contribution in [0.4, 0.5) is 4.79 Å². The van der Waals surface area contributed by atoms with Crippen molar-refractivity contribution in [2.45, 2.75) is 51.1 Å². The summed E-state index contributed by atoms with van der Waals surface area (Å²) in [5.74, 6) is -0.189. The molecule has 3 heterocycles. The molecule has 226 valence electrons. The number of nitrogens with zero attached hydrogens (tertiary/aromatic N) is 4. The van der Waals surface area contributed by atoms with Crippen LogP contribution in [0.2, 0.25) is 0 Å². The normalized spacial score (nSPS) is 19.8. The lowest BCUT2D eigenvalue weighted by Gasteiger charge is -2.54. The summed E-state index contributed by atoms with van der Waals surface area (Å²) in [5.41, 5.74) is 5.36. The number of rotatable bonds is 6. The van der Waals surface area contributed by atoms with E-state index in [2.05, 4.69) is 10.3 Å². The van der Waals surface area contributed by atoms with Crippen LogP contribution in [0.25, 0.3) is 10.2 Å². The van der Waals surface area contributed by atoms with Crippen LogP contribution < -0.4 is 5.32 Å². The number of urea groups is 1. The molecule has 0 saturated carbocycles. The van der Waals surface area contributed by atoms with E-state index in [4.69, 9.17) is 0 Å². The van der Waals surface area contributed by atoms with Crippen molar-refractivity contribution in [3.05, 3.63) is 95.0 Å². The van der Waals surface area contributed by atoms with Crippen LogP contribution in [0.3, 0.4) is 0 Å². The van der Waals surface area contributed by atoms with Gasteiger partial charge in [0.15, 0.2) is 0 Å². The number of hydrogen-bond acceptors (Lipinski definition) is 6. The lowest BCUT2D eigenvalue weighted by Crippen LogP contribution is -2.73. The van der Waals surface area contributed by atoms with Gasteiger partial charge in [0, 0.05) is 32.0 Å². The topological polar surface area (TPSA) is 106 Å². The van der Waals surface area contributed by atoms with Gasteiger partial charge in [-0.15, -0.1) is 11.3 Å². The fourth-order valence-electron chi connectivity index (χ4n) is 5.89. The molecule has 12 heteroatoms. The first kappa shape index (κ1) is 32.2. The van der Waals surface area contributed by atoms with E-state index in [0.29, 0.717) is 13.1 Å². The monoisotopic (exact) mass is 637 g/mol. The number of phenols is 1. The zero-order valence-corrected chi connectivity index (χ0v) is 26.5. The predicted octanol–water partition coefficient (Wildman–Crippen LogP) is 4.34. The molecule has 4 aromatic rings. The molecular formula is C31H35N5O4S3. The molecule has 4 amide bonds.